The lowest BCUT2D eigenvalue weighted by molar-refractivity contribution is 0.0729. The molecule has 8 heteroatoms. The SMILES string of the molecule is O=C(NCc1ccc(N2CCCC2)cc1)c1ccc(CS(=O)(=O)N2CCOCC2)cc1. The molecule has 31 heavy (non-hydrogen) atoms. The maximum absolute atomic E-state index is 12.5. The number of carbonyl (C=O) groups excluding carboxylic acids is 1. The van der Waals surface area contributed by atoms with E-state index in [-0.39, 0.29) is 11.7 Å². The van der Waals surface area contributed by atoms with Crippen molar-refractivity contribution in [3.63, 3.8) is 0 Å². The number of anilines is 1. The molecule has 4 rings (SSSR count). The van der Waals surface area contributed by atoms with E-state index in [9.17, 15) is 13.2 Å². The molecule has 1 amide bonds. The van der Waals surface area contributed by atoms with Crippen LogP contribution in [0.5, 0.6) is 0 Å². The van der Waals surface area contributed by atoms with Crippen LogP contribution in [0.2, 0.25) is 0 Å². The summed E-state index contributed by atoms with van der Waals surface area (Å²) in [5.74, 6) is -0.246. The van der Waals surface area contributed by atoms with E-state index in [1.165, 1.54) is 22.8 Å². The number of benzene rings is 2. The van der Waals surface area contributed by atoms with Crippen molar-refractivity contribution >= 4 is 21.6 Å². The quantitative estimate of drug-likeness (QED) is 0.711. The van der Waals surface area contributed by atoms with Crippen molar-refractivity contribution < 1.29 is 17.9 Å². The summed E-state index contributed by atoms with van der Waals surface area (Å²) in [6, 6.07) is 15.1. The number of hydrogen-bond donors (Lipinski definition) is 1. The van der Waals surface area contributed by atoms with Gasteiger partial charge in [-0.05, 0) is 48.2 Å². The van der Waals surface area contributed by atoms with E-state index in [4.69, 9.17) is 4.74 Å². The molecule has 0 aliphatic carbocycles. The van der Waals surface area contributed by atoms with E-state index < -0.39 is 10.0 Å². The second-order valence-corrected chi connectivity index (χ2v) is 9.98. The smallest absolute Gasteiger partial charge is 0.251 e. The second-order valence-electron chi connectivity index (χ2n) is 8.01. The number of ether oxygens (including phenoxy) is 1. The van der Waals surface area contributed by atoms with Gasteiger partial charge in [0.1, 0.15) is 0 Å². The number of morpholine rings is 1. The monoisotopic (exact) mass is 443 g/mol. The first-order valence-corrected chi connectivity index (χ1v) is 12.4. The molecule has 0 radical (unpaired) electrons. The van der Waals surface area contributed by atoms with Gasteiger partial charge in [0.2, 0.25) is 10.0 Å². The van der Waals surface area contributed by atoms with Gasteiger partial charge < -0.3 is 15.0 Å². The Bertz CT molecular complexity index is 978. The summed E-state index contributed by atoms with van der Waals surface area (Å²) in [5, 5.41) is 2.93. The summed E-state index contributed by atoms with van der Waals surface area (Å²) >= 11 is 0. The average molecular weight is 444 g/mol. The van der Waals surface area contributed by atoms with E-state index in [0.29, 0.717) is 44.0 Å². The van der Waals surface area contributed by atoms with E-state index in [1.807, 2.05) is 12.1 Å². The van der Waals surface area contributed by atoms with E-state index in [2.05, 4.69) is 22.3 Å². The lowest BCUT2D eigenvalue weighted by Gasteiger charge is -2.26. The molecule has 0 aromatic heterocycles. The minimum atomic E-state index is -3.38. The molecule has 166 valence electrons. The summed E-state index contributed by atoms with van der Waals surface area (Å²) in [6.07, 6.45) is 2.49. The summed E-state index contributed by atoms with van der Waals surface area (Å²) < 4.78 is 31.7. The maximum atomic E-state index is 12.5. The van der Waals surface area contributed by atoms with Gasteiger partial charge in [-0.1, -0.05) is 24.3 Å². The van der Waals surface area contributed by atoms with Crippen LogP contribution in [0.3, 0.4) is 0 Å². The molecule has 2 aliphatic heterocycles. The third-order valence-corrected chi connectivity index (χ3v) is 7.64. The molecule has 0 atom stereocenters. The van der Waals surface area contributed by atoms with Crippen molar-refractivity contribution in [2.24, 2.45) is 0 Å². The maximum Gasteiger partial charge on any atom is 0.251 e. The lowest BCUT2D eigenvalue weighted by Crippen LogP contribution is -2.41. The number of carbonyl (C=O) groups is 1. The molecule has 2 heterocycles. The molecular weight excluding hydrogens is 414 g/mol. The fourth-order valence-electron chi connectivity index (χ4n) is 3.96. The zero-order chi connectivity index (χ0) is 21.7. The first-order chi connectivity index (χ1) is 15.0. The molecule has 0 spiro atoms. The molecule has 0 saturated carbocycles. The molecular formula is C23H29N3O4S. The standard InChI is InChI=1S/C23H29N3O4S/c27-23(24-17-19-5-9-22(10-6-19)25-11-1-2-12-25)21-7-3-20(4-8-21)18-31(28,29)26-13-15-30-16-14-26/h3-10H,1-2,11-18H2,(H,24,27). The predicted octanol–water partition coefficient (Wildman–Crippen LogP) is 2.38. The summed E-state index contributed by atoms with van der Waals surface area (Å²) in [5.41, 5.74) is 3.46. The van der Waals surface area contributed by atoms with E-state index in [0.717, 1.165) is 18.7 Å². The van der Waals surface area contributed by atoms with Gasteiger partial charge >= 0.3 is 0 Å². The Kier molecular flexibility index (Phi) is 6.89. The summed E-state index contributed by atoms with van der Waals surface area (Å²) in [6.45, 7) is 4.31. The Morgan fingerprint density at radius 2 is 1.48 bits per heavy atom. The van der Waals surface area contributed by atoms with Gasteiger partial charge in [0.25, 0.3) is 5.91 Å². The van der Waals surface area contributed by atoms with Crippen molar-refractivity contribution in [3.8, 4) is 0 Å². The van der Waals surface area contributed by atoms with Crippen molar-refractivity contribution in [1.29, 1.82) is 0 Å². The van der Waals surface area contributed by atoms with Gasteiger partial charge in [0.15, 0.2) is 0 Å². The third-order valence-electron chi connectivity index (χ3n) is 5.79. The summed E-state index contributed by atoms with van der Waals surface area (Å²) in [4.78, 5) is 14.9. The van der Waals surface area contributed by atoms with Crippen LogP contribution in [0, 0.1) is 0 Å². The Labute approximate surface area is 184 Å². The Balaban J connectivity index is 1.30. The van der Waals surface area contributed by atoms with Crippen LogP contribution in [0.15, 0.2) is 48.5 Å². The number of hydrogen-bond acceptors (Lipinski definition) is 5. The van der Waals surface area contributed by atoms with Crippen LogP contribution in [-0.2, 0) is 27.1 Å². The van der Waals surface area contributed by atoms with Gasteiger partial charge in [0, 0.05) is 44.0 Å². The topological polar surface area (TPSA) is 79.0 Å². The van der Waals surface area contributed by atoms with Crippen LogP contribution in [0.25, 0.3) is 0 Å². The molecule has 1 N–H and O–H groups in total. The average Bonchev–Trinajstić information content (AvgIpc) is 3.34. The summed E-state index contributed by atoms with van der Waals surface area (Å²) in [7, 11) is -3.38. The number of rotatable bonds is 7. The zero-order valence-corrected chi connectivity index (χ0v) is 18.4. The van der Waals surface area contributed by atoms with Crippen molar-refractivity contribution in [2.45, 2.75) is 25.1 Å². The fraction of sp³-hybridized carbons (Fsp3) is 0.435. The van der Waals surface area contributed by atoms with Gasteiger partial charge in [0.05, 0.1) is 19.0 Å². The molecule has 2 aromatic carbocycles. The lowest BCUT2D eigenvalue weighted by atomic mass is 10.1. The number of sulfonamides is 1. The Hall–Kier alpha value is -2.42. The normalized spacial score (nSPS) is 17.6. The third kappa shape index (κ3) is 5.64. The van der Waals surface area contributed by atoms with Crippen LogP contribution in [0.1, 0.15) is 34.3 Å². The molecule has 0 unspecified atom stereocenters. The minimum absolute atomic E-state index is 0.0712. The molecule has 2 aromatic rings. The van der Waals surface area contributed by atoms with Crippen LogP contribution < -0.4 is 10.2 Å². The number of nitrogens with one attached hydrogen (secondary N) is 1. The second kappa shape index (κ2) is 9.80. The van der Waals surface area contributed by atoms with Gasteiger partial charge in [-0.15, -0.1) is 0 Å². The fourth-order valence-corrected chi connectivity index (χ4v) is 5.47. The first kappa shape index (κ1) is 21.8. The minimum Gasteiger partial charge on any atom is -0.379 e. The highest BCUT2D eigenvalue weighted by molar-refractivity contribution is 7.88. The van der Waals surface area contributed by atoms with Crippen molar-refractivity contribution in [3.05, 3.63) is 65.2 Å². The molecule has 7 nitrogen and oxygen atoms in total. The molecule has 2 aliphatic rings. The van der Waals surface area contributed by atoms with Gasteiger partial charge in [-0.3, -0.25) is 4.79 Å². The van der Waals surface area contributed by atoms with E-state index >= 15 is 0 Å². The Morgan fingerprint density at radius 1 is 0.871 bits per heavy atom. The largest absolute Gasteiger partial charge is 0.379 e. The van der Waals surface area contributed by atoms with Gasteiger partial charge in [-0.2, -0.15) is 4.31 Å². The van der Waals surface area contributed by atoms with Crippen LogP contribution in [0.4, 0.5) is 5.69 Å². The number of nitrogens with zero attached hydrogens (tertiary/aromatic N) is 2. The van der Waals surface area contributed by atoms with Crippen LogP contribution in [-0.4, -0.2) is 58.0 Å². The Morgan fingerprint density at radius 3 is 2.13 bits per heavy atom. The van der Waals surface area contributed by atoms with Gasteiger partial charge in [-0.25, -0.2) is 8.42 Å². The molecule has 2 fully saturated rings. The zero-order valence-electron chi connectivity index (χ0n) is 17.6. The highest BCUT2D eigenvalue weighted by Gasteiger charge is 2.24. The highest BCUT2D eigenvalue weighted by atomic mass is 32.2. The highest BCUT2D eigenvalue weighted by Crippen LogP contribution is 2.20. The molecule has 0 bridgehead atoms. The molecule has 2 saturated heterocycles. The van der Waals surface area contributed by atoms with Crippen LogP contribution >= 0.6 is 0 Å². The van der Waals surface area contributed by atoms with Crippen molar-refractivity contribution in [2.75, 3.05) is 44.3 Å². The first-order valence-electron chi connectivity index (χ1n) is 10.8. The van der Waals surface area contributed by atoms with E-state index in [1.54, 1.807) is 24.3 Å². The van der Waals surface area contributed by atoms with Crippen molar-refractivity contribution in [1.82, 2.24) is 9.62 Å². The predicted molar refractivity (Wildman–Crippen MR) is 121 cm³/mol. The number of amides is 1.